The van der Waals surface area contributed by atoms with Crippen molar-refractivity contribution >= 4 is 35.6 Å². The Labute approximate surface area is 155 Å². The molecular weight excluding hydrogens is 340 g/mol. The zero-order valence-corrected chi connectivity index (χ0v) is 16.0. The summed E-state index contributed by atoms with van der Waals surface area (Å²) < 4.78 is 0. The number of nitrogens with two attached hydrogens (primary N) is 2. The molecule has 6 nitrogen and oxygen atoms in total. The maximum absolute atomic E-state index is 12.3. The molecule has 0 aromatic heterocycles. The molecule has 0 spiro atoms. The number of carbonyl (C=O) groups is 2. The Morgan fingerprint density at radius 3 is 2.28 bits per heavy atom. The Hall–Kier alpha value is -1.79. The van der Waals surface area contributed by atoms with Gasteiger partial charge in [-0.25, -0.2) is 0 Å². The van der Waals surface area contributed by atoms with E-state index < -0.39 is 11.9 Å². The first-order chi connectivity index (χ1) is 11.2. The average Bonchev–Trinajstić information content (AvgIpc) is 2.53. The maximum atomic E-state index is 12.3. The summed E-state index contributed by atoms with van der Waals surface area (Å²) in [5.74, 6) is -0.696. The standard InChI is InChI=1S/C18H28N4O2.ClH/c1-18(2,3)15(19)17(24)21-12-7-8-13(16(20)23)14(11-12)22-9-5-4-6-10-22;/h7-8,11,15H,4-6,9-10,19H2,1-3H3,(H2,20,23)(H,21,24);1H/t15-;/m1./s1. The average molecular weight is 369 g/mol. The largest absolute Gasteiger partial charge is 0.371 e. The number of piperidine rings is 1. The highest BCUT2D eigenvalue weighted by Crippen LogP contribution is 2.28. The molecule has 0 aliphatic carbocycles. The minimum atomic E-state index is -0.619. The fraction of sp³-hybridized carbons (Fsp3) is 0.556. The van der Waals surface area contributed by atoms with Crippen molar-refractivity contribution in [1.82, 2.24) is 0 Å². The minimum Gasteiger partial charge on any atom is -0.371 e. The molecule has 25 heavy (non-hydrogen) atoms. The van der Waals surface area contributed by atoms with Crippen LogP contribution in [0.3, 0.4) is 0 Å². The van der Waals surface area contributed by atoms with E-state index in [-0.39, 0.29) is 23.7 Å². The van der Waals surface area contributed by atoms with Crippen LogP contribution in [-0.4, -0.2) is 30.9 Å². The van der Waals surface area contributed by atoms with Crippen LogP contribution in [0, 0.1) is 5.41 Å². The second-order valence-electron chi connectivity index (χ2n) is 7.48. The van der Waals surface area contributed by atoms with Crippen LogP contribution < -0.4 is 21.7 Å². The summed E-state index contributed by atoms with van der Waals surface area (Å²) in [4.78, 5) is 26.2. The number of primary amides is 1. The fourth-order valence-corrected chi connectivity index (χ4v) is 2.83. The molecule has 5 N–H and O–H groups in total. The van der Waals surface area contributed by atoms with E-state index in [9.17, 15) is 9.59 Å². The third-order valence-corrected chi connectivity index (χ3v) is 4.44. The van der Waals surface area contributed by atoms with E-state index in [1.807, 2.05) is 26.8 Å². The van der Waals surface area contributed by atoms with Crippen molar-refractivity contribution in [2.75, 3.05) is 23.3 Å². The summed E-state index contributed by atoms with van der Waals surface area (Å²) in [7, 11) is 0. The van der Waals surface area contributed by atoms with Crippen LogP contribution in [0.1, 0.15) is 50.4 Å². The zero-order valence-electron chi connectivity index (χ0n) is 15.2. The third kappa shape index (κ3) is 5.34. The van der Waals surface area contributed by atoms with E-state index >= 15 is 0 Å². The van der Waals surface area contributed by atoms with Gasteiger partial charge in [-0.2, -0.15) is 0 Å². The highest BCUT2D eigenvalue weighted by atomic mass is 35.5. The van der Waals surface area contributed by atoms with Gasteiger partial charge in [0, 0.05) is 18.8 Å². The molecule has 7 heteroatoms. The smallest absolute Gasteiger partial charge is 0.250 e. The monoisotopic (exact) mass is 368 g/mol. The third-order valence-electron chi connectivity index (χ3n) is 4.44. The minimum absolute atomic E-state index is 0. The zero-order chi connectivity index (χ0) is 17.9. The van der Waals surface area contributed by atoms with E-state index in [2.05, 4.69) is 10.2 Å². The molecule has 140 valence electrons. The van der Waals surface area contributed by atoms with Crippen LogP contribution in [0.5, 0.6) is 0 Å². The molecule has 1 aromatic rings. The first-order valence-corrected chi connectivity index (χ1v) is 8.45. The van der Waals surface area contributed by atoms with Gasteiger partial charge < -0.3 is 21.7 Å². The fourth-order valence-electron chi connectivity index (χ4n) is 2.83. The second kappa shape index (κ2) is 8.54. The maximum Gasteiger partial charge on any atom is 0.250 e. The van der Waals surface area contributed by atoms with Crippen molar-refractivity contribution < 1.29 is 9.59 Å². The molecule has 0 bridgehead atoms. The Bertz CT molecular complexity index is 622. The molecule has 0 unspecified atom stereocenters. The number of nitrogens with one attached hydrogen (secondary N) is 1. The molecule has 0 radical (unpaired) electrons. The molecule has 1 aromatic carbocycles. The van der Waals surface area contributed by atoms with E-state index in [1.54, 1.807) is 12.1 Å². The molecule has 1 fully saturated rings. The lowest BCUT2D eigenvalue weighted by molar-refractivity contribution is -0.119. The number of anilines is 2. The highest BCUT2D eigenvalue weighted by molar-refractivity contribution is 6.01. The van der Waals surface area contributed by atoms with Gasteiger partial charge in [0.25, 0.3) is 5.91 Å². The van der Waals surface area contributed by atoms with E-state index in [0.717, 1.165) is 31.6 Å². The van der Waals surface area contributed by atoms with Crippen molar-refractivity contribution in [3.05, 3.63) is 23.8 Å². The van der Waals surface area contributed by atoms with Crippen LogP contribution in [0.4, 0.5) is 11.4 Å². The van der Waals surface area contributed by atoms with Gasteiger partial charge in [-0.05, 0) is 42.9 Å². The molecule has 1 atom stereocenters. The lowest BCUT2D eigenvalue weighted by atomic mass is 9.87. The Kier molecular flexibility index (Phi) is 7.26. The number of carbonyl (C=O) groups excluding carboxylic acids is 2. The summed E-state index contributed by atoms with van der Waals surface area (Å²) in [6.45, 7) is 7.55. The first-order valence-electron chi connectivity index (χ1n) is 8.45. The number of halogens is 1. The molecule has 1 saturated heterocycles. The highest BCUT2D eigenvalue weighted by Gasteiger charge is 2.28. The van der Waals surface area contributed by atoms with E-state index in [0.29, 0.717) is 11.3 Å². The predicted molar refractivity (Wildman–Crippen MR) is 104 cm³/mol. The molecule has 2 amide bonds. The molecule has 0 saturated carbocycles. The summed E-state index contributed by atoms with van der Waals surface area (Å²) in [5, 5.41) is 2.85. The summed E-state index contributed by atoms with van der Waals surface area (Å²) >= 11 is 0. The second-order valence-corrected chi connectivity index (χ2v) is 7.48. The normalized spacial score (nSPS) is 15.9. The molecule has 1 aliphatic rings. The Morgan fingerprint density at radius 2 is 1.76 bits per heavy atom. The predicted octanol–water partition coefficient (Wildman–Crippen LogP) is 2.51. The summed E-state index contributed by atoms with van der Waals surface area (Å²) in [6, 6.07) is 4.57. The lowest BCUT2D eigenvalue weighted by Crippen LogP contribution is -2.45. The van der Waals surface area contributed by atoms with Gasteiger partial charge in [0.1, 0.15) is 0 Å². The van der Waals surface area contributed by atoms with Gasteiger partial charge in [-0.3, -0.25) is 9.59 Å². The van der Waals surface area contributed by atoms with E-state index in [4.69, 9.17) is 11.5 Å². The van der Waals surface area contributed by atoms with Crippen LogP contribution >= 0.6 is 12.4 Å². The van der Waals surface area contributed by atoms with Crippen LogP contribution in [0.15, 0.2) is 18.2 Å². The van der Waals surface area contributed by atoms with Crippen molar-refractivity contribution in [2.45, 2.75) is 46.1 Å². The number of amides is 2. The van der Waals surface area contributed by atoms with Gasteiger partial charge in [-0.1, -0.05) is 20.8 Å². The van der Waals surface area contributed by atoms with Crippen LogP contribution in [0.2, 0.25) is 0 Å². The van der Waals surface area contributed by atoms with Crippen molar-refractivity contribution in [3.63, 3.8) is 0 Å². The number of hydrogen-bond acceptors (Lipinski definition) is 4. The Morgan fingerprint density at radius 1 is 1.16 bits per heavy atom. The van der Waals surface area contributed by atoms with Gasteiger partial charge >= 0.3 is 0 Å². The van der Waals surface area contributed by atoms with Gasteiger partial charge in [0.15, 0.2) is 0 Å². The number of hydrogen-bond donors (Lipinski definition) is 3. The molecule has 2 rings (SSSR count). The summed E-state index contributed by atoms with van der Waals surface area (Å²) in [6.07, 6.45) is 3.37. The van der Waals surface area contributed by atoms with Crippen molar-refractivity contribution in [3.8, 4) is 0 Å². The van der Waals surface area contributed by atoms with Crippen molar-refractivity contribution in [1.29, 1.82) is 0 Å². The molecule has 1 aliphatic heterocycles. The van der Waals surface area contributed by atoms with Crippen LogP contribution in [0.25, 0.3) is 0 Å². The van der Waals surface area contributed by atoms with Gasteiger partial charge in [0.05, 0.1) is 17.3 Å². The molecule has 1 heterocycles. The van der Waals surface area contributed by atoms with Crippen LogP contribution in [-0.2, 0) is 4.79 Å². The SMILES string of the molecule is CC(C)(C)[C@H](N)C(=O)Nc1ccc(C(N)=O)c(N2CCCCC2)c1.Cl. The first kappa shape index (κ1) is 21.3. The van der Waals surface area contributed by atoms with Gasteiger partial charge in [-0.15, -0.1) is 12.4 Å². The van der Waals surface area contributed by atoms with Gasteiger partial charge in [0.2, 0.25) is 5.91 Å². The number of rotatable bonds is 4. The van der Waals surface area contributed by atoms with Crippen molar-refractivity contribution in [2.24, 2.45) is 16.9 Å². The Balaban J connectivity index is 0.00000312. The quantitative estimate of drug-likeness (QED) is 0.759. The number of benzene rings is 1. The topological polar surface area (TPSA) is 101 Å². The molecular formula is C18H29ClN4O2. The number of nitrogens with zero attached hydrogens (tertiary/aromatic N) is 1. The summed E-state index contributed by atoms with van der Waals surface area (Å²) in [5.41, 5.74) is 13.1. The lowest BCUT2D eigenvalue weighted by Gasteiger charge is -2.31. The van der Waals surface area contributed by atoms with E-state index in [1.165, 1.54) is 6.42 Å².